The summed E-state index contributed by atoms with van der Waals surface area (Å²) in [6, 6.07) is 23.1. The molecule has 0 saturated carbocycles. The van der Waals surface area contributed by atoms with E-state index in [1.807, 2.05) is 66.4 Å². The van der Waals surface area contributed by atoms with E-state index in [-0.39, 0.29) is 17.5 Å². The van der Waals surface area contributed by atoms with Crippen LogP contribution in [0, 0.1) is 6.92 Å². The summed E-state index contributed by atoms with van der Waals surface area (Å²) in [6.07, 6.45) is 4.43. The van der Waals surface area contributed by atoms with E-state index in [2.05, 4.69) is 0 Å². The van der Waals surface area contributed by atoms with Crippen molar-refractivity contribution in [1.82, 2.24) is 14.5 Å². The van der Waals surface area contributed by atoms with Gasteiger partial charge in [-0.1, -0.05) is 59.6 Å². The molecular weight excluding hydrogens is 470 g/mol. The number of piperidine rings is 1. The van der Waals surface area contributed by atoms with Crippen LogP contribution >= 0.6 is 11.6 Å². The fourth-order valence-corrected chi connectivity index (χ4v) is 5.25. The number of amides is 1. The molecular formula is C30H30ClN3O2. The van der Waals surface area contributed by atoms with E-state index >= 15 is 0 Å². The predicted molar refractivity (Wildman–Crippen MR) is 145 cm³/mol. The second-order valence-corrected chi connectivity index (χ2v) is 10.1. The molecule has 184 valence electrons. The van der Waals surface area contributed by atoms with Gasteiger partial charge in [-0.05, 0) is 68.5 Å². The lowest BCUT2D eigenvalue weighted by Gasteiger charge is -2.36. The van der Waals surface area contributed by atoms with E-state index < -0.39 is 0 Å². The fourth-order valence-electron chi connectivity index (χ4n) is 5.09. The number of rotatable bonds is 6. The Balaban J connectivity index is 1.44. The van der Waals surface area contributed by atoms with Crippen molar-refractivity contribution >= 4 is 28.4 Å². The van der Waals surface area contributed by atoms with Gasteiger partial charge in [0.15, 0.2) is 0 Å². The van der Waals surface area contributed by atoms with Crippen LogP contribution in [0.3, 0.4) is 0 Å². The third-order valence-corrected chi connectivity index (χ3v) is 7.30. The van der Waals surface area contributed by atoms with Crippen LogP contribution in [-0.4, -0.2) is 32.9 Å². The minimum Gasteiger partial charge on any atom is -0.336 e. The minimum atomic E-state index is -0.0632. The molecule has 2 heterocycles. The van der Waals surface area contributed by atoms with Gasteiger partial charge in [-0.15, -0.1) is 0 Å². The second kappa shape index (κ2) is 10.7. The number of likely N-dealkylation sites (tertiary alicyclic amines) is 1. The van der Waals surface area contributed by atoms with Gasteiger partial charge in [-0.3, -0.25) is 14.2 Å². The molecule has 0 N–H and O–H groups in total. The number of aromatic nitrogens is 2. The smallest absolute Gasteiger partial charge is 0.261 e. The van der Waals surface area contributed by atoms with Crippen LogP contribution < -0.4 is 5.56 Å². The monoisotopic (exact) mass is 499 g/mol. The van der Waals surface area contributed by atoms with Crippen LogP contribution in [0.5, 0.6) is 0 Å². The van der Waals surface area contributed by atoms with E-state index in [9.17, 15) is 9.59 Å². The molecule has 4 aromatic rings. The first-order chi connectivity index (χ1) is 17.5. The van der Waals surface area contributed by atoms with Crippen molar-refractivity contribution in [2.75, 3.05) is 6.54 Å². The van der Waals surface area contributed by atoms with E-state index in [0.29, 0.717) is 28.9 Å². The van der Waals surface area contributed by atoms with E-state index in [0.717, 1.165) is 54.7 Å². The molecule has 1 atom stereocenters. The van der Waals surface area contributed by atoms with E-state index in [4.69, 9.17) is 16.6 Å². The van der Waals surface area contributed by atoms with Gasteiger partial charge in [0.2, 0.25) is 0 Å². The zero-order valence-corrected chi connectivity index (χ0v) is 21.2. The average Bonchev–Trinajstić information content (AvgIpc) is 2.90. The summed E-state index contributed by atoms with van der Waals surface area (Å²) in [5.41, 5.74) is 3.46. The summed E-state index contributed by atoms with van der Waals surface area (Å²) in [7, 11) is 0. The Morgan fingerprint density at radius 2 is 1.81 bits per heavy atom. The summed E-state index contributed by atoms with van der Waals surface area (Å²) in [5, 5.41) is 1.12. The number of nitrogens with zero attached hydrogens (tertiary/aromatic N) is 3. The van der Waals surface area contributed by atoms with Gasteiger partial charge in [0.25, 0.3) is 11.5 Å². The largest absolute Gasteiger partial charge is 0.336 e. The van der Waals surface area contributed by atoms with Crippen LogP contribution in [0.2, 0.25) is 5.02 Å². The molecule has 1 fully saturated rings. The van der Waals surface area contributed by atoms with Crippen molar-refractivity contribution < 1.29 is 4.79 Å². The molecule has 0 radical (unpaired) electrons. The molecule has 36 heavy (non-hydrogen) atoms. The Labute approximate surface area is 216 Å². The van der Waals surface area contributed by atoms with Crippen LogP contribution in [0.15, 0.2) is 77.6 Å². The molecule has 1 aromatic heterocycles. The highest BCUT2D eigenvalue weighted by Gasteiger charge is 2.28. The minimum absolute atomic E-state index is 0.0632. The molecule has 5 nitrogen and oxygen atoms in total. The summed E-state index contributed by atoms with van der Waals surface area (Å²) < 4.78 is 1.78. The fraction of sp³-hybridized carbons (Fsp3) is 0.300. The molecule has 1 aliphatic heterocycles. The van der Waals surface area contributed by atoms with Gasteiger partial charge < -0.3 is 4.90 Å². The Bertz CT molecular complexity index is 1430. The number of hydrogen-bond donors (Lipinski definition) is 0. The maximum Gasteiger partial charge on any atom is 0.261 e. The predicted octanol–water partition coefficient (Wildman–Crippen LogP) is 6.03. The molecule has 3 aromatic carbocycles. The molecule has 5 rings (SSSR count). The number of hydrogen-bond acceptors (Lipinski definition) is 3. The number of aryl methyl sites for hydroxylation is 2. The molecule has 0 bridgehead atoms. The molecule has 1 amide bonds. The maximum atomic E-state index is 13.5. The maximum absolute atomic E-state index is 13.5. The van der Waals surface area contributed by atoms with E-state index in [1.54, 1.807) is 22.8 Å². The van der Waals surface area contributed by atoms with Crippen molar-refractivity contribution in [3.8, 4) is 0 Å². The highest BCUT2D eigenvalue weighted by molar-refractivity contribution is 6.31. The van der Waals surface area contributed by atoms with E-state index in [1.165, 1.54) is 0 Å². The number of carbonyl (C=O) groups excluding carboxylic acids is 1. The SMILES string of the molecule is Cc1ccc(C(=O)N2CCCCC2CCc2nc3cc(Cl)ccc3c(=O)n2Cc2ccccc2)cc1. The molecule has 1 saturated heterocycles. The van der Waals surface area contributed by atoms with Gasteiger partial charge >= 0.3 is 0 Å². The Kier molecular flexibility index (Phi) is 7.19. The lowest BCUT2D eigenvalue weighted by atomic mass is 9.96. The molecule has 0 spiro atoms. The molecule has 6 heteroatoms. The van der Waals surface area contributed by atoms with Crippen LogP contribution in [0.4, 0.5) is 0 Å². The van der Waals surface area contributed by atoms with Crippen molar-refractivity contribution in [3.63, 3.8) is 0 Å². The first-order valence-corrected chi connectivity index (χ1v) is 13.0. The number of carbonyl (C=O) groups is 1. The summed E-state index contributed by atoms with van der Waals surface area (Å²) in [6.45, 7) is 3.24. The number of halogens is 1. The molecule has 1 aliphatic rings. The van der Waals surface area contributed by atoms with Gasteiger partial charge in [-0.2, -0.15) is 0 Å². The van der Waals surface area contributed by atoms with Crippen molar-refractivity contribution in [3.05, 3.63) is 111 Å². The van der Waals surface area contributed by atoms with Gasteiger partial charge in [0, 0.05) is 29.6 Å². The zero-order valence-electron chi connectivity index (χ0n) is 20.5. The Morgan fingerprint density at radius 3 is 2.58 bits per heavy atom. The third-order valence-electron chi connectivity index (χ3n) is 7.07. The summed E-state index contributed by atoms with van der Waals surface area (Å²) in [5.74, 6) is 0.812. The van der Waals surface area contributed by atoms with Crippen LogP contribution in [0.25, 0.3) is 10.9 Å². The summed E-state index contributed by atoms with van der Waals surface area (Å²) in [4.78, 5) is 33.8. The lowest BCUT2D eigenvalue weighted by molar-refractivity contribution is 0.0601. The number of fused-ring (bicyclic) bond motifs is 1. The van der Waals surface area contributed by atoms with Crippen molar-refractivity contribution in [1.29, 1.82) is 0 Å². The summed E-state index contributed by atoms with van der Waals surface area (Å²) >= 11 is 6.22. The lowest BCUT2D eigenvalue weighted by Crippen LogP contribution is -2.44. The van der Waals surface area contributed by atoms with Crippen molar-refractivity contribution in [2.24, 2.45) is 0 Å². The highest BCUT2D eigenvalue weighted by Crippen LogP contribution is 2.24. The Morgan fingerprint density at radius 1 is 1.03 bits per heavy atom. The highest BCUT2D eigenvalue weighted by atomic mass is 35.5. The first-order valence-electron chi connectivity index (χ1n) is 12.6. The molecule has 0 aliphatic carbocycles. The van der Waals surface area contributed by atoms with Gasteiger partial charge in [-0.25, -0.2) is 4.98 Å². The normalized spacial score (nSPS) is 15.8. The first kappa shape index (κ1) is 24.3. The van der Waals surface area contributed by atoms with Crippen LogP contribution in [0.1, 0.15) is 53.0 Å². The average molecular weight is 500 g/mol. The van der Waals surface area contributed by atoms with Gasteiger partial charge in [0.1, 0.15) is 5.82 Å². The third kappa shape index (κ3) is 5.21. The second-order valence-electron chi connectivity index (χ2n) is 9.62. The molecule has 1 unspecified atom stereocenters. The van der Waals surface area contributed by atoms with Gasteiger partial charge in [0.05, 0.1) is 17.4 Å². The van der Waals surface area contributed by atoms with Crippen LogP contribution in [-0.2, 0) is 13.0 Å². The quantitative estimate of drug-likeness (QED) is 0.325. The number of benzene rings is 3. The van der Waals surface area contributed by atoms with Crippen molar-refractivity contribution in [2.45, 2.75) is 51.6 Å². The topological polar surface area (TPSA) is 55.2 Å². The zero-order chi connectivity index (χ0) is 25.1. The Hall–Kier alpha value is -3.44. The standard InChI is InChI=1S/C30H30ClN3O2/c1-21-10-12-23(13-11-21)29(35)33-18-6-5-9-25(33)15-17-28-32-27-19-24(31)14-16-26(27)30(36)34(28)20-22-7-3-2-4-8-22/h2-4,7-8,10-14,16,19,25H,5-6,9,15,17-18,20H2,1H3.